The van der Waals surface area contributed by atoms with Crippen LogP contribution in [0.4, 0.5) is 0 Å². The molecular formula is C10H20N2O2. The summed E-state index contributed by atoms with van der Waals surface area (Å²) in [6.07, 6.45) is 1.94. The molecule has 0 amide bonds. The Balaban J connectivity index is 2.29. The van der Waals surface area contributed by atoms with Gasteiger partial charge >= 0.3 is 5.97 Å². The number of unbranched alkanes of at least 4 members (excludes halogenated alkanes) is 1. The molecule has 0 aromatic rings. The van der Waals surface area contributed by atoms with E-state index in [2.05, 4.69) is 12.2 Å². The van der Waals surface area contributed by atoms with Crippen LogP contribution in [0.5, 0.6) is 0 Å². The smallest absolute Gasteiger partial charge is 0.323 e. The fourth-order valence-corrected chi connectivity index (χ4v) is 1.43. The number of carbonyl (C=O) groups excluding carboxylic acids is 1. The Hall–Kier alpha value is -0.610. The lowest BCUT2D eigenvalue weighted by Crippen LogP contribution is -2.63. The van der Waals surface area contributed by atoms with Crippen LogP contribution in [-0.4, -0.2) is 31.7 Å². The maximum absolute atomic E-state index is 11.5. The summed E-state index contributed by atoms with van der Waals surface area (Å²) >= 11 is 0. The number of esters is 1. The number of carbonyl (C=O) groups is 1. The Bertz CT molecular complexity index is 202. The lowest BCUT2D eigenvalue weighted by Gasteiger charge is -2.42. The van der Waals surface area contributed by atoms with Crippen molar-refractivity contribution in [2.75, 3.05) is 19.7 Å². The summed E-state index contributed by atoms with van der Waals surface area (Å²) < 4.78 is 5.07. The highest BCUT2D eigenvalue weighted by atomic mass is 16.5. The zero-order valence-corrected chi connectivity index (χ0v) is 9.01. The van der Waals surface area contributed by atoms with Gasteiger partial charge in [0.25, 0.3) is 0 Å². The van der Waals surface area contributed by atoms with Crippen molar-refractivity contribution in [2.24, 2.45) is 11.1 Å². The van der Waals surface area contributed by atoms with Crippen molar-refractivity contribution in [3.63, 3.8) is 0 Å². The minimum Gasteiger partial charge on any atom is -0.465 e. The van der Waals surface area contributed by atoms with Crippen molar-refractivity contribution >= 4 is 5.97 Å². The van der Waals surface area contributed by atoms with Gasteiger partial charge in [-0.15, -0.1) is 0 Å². The zero-order chi connectivity index (χ0) is 10.6. The number of nitrogens with two attached hydrogens (primary N) is 1. The number of ether oxygens (including phenoxy) is 1. The Labute approximate surface area is 85.2 Å². The van der Waals surface area contributed by atoms with Gasteiger partial charge in [-0.1, -0.05) is 20.3 Å². The molecule has 82 valence electrons. The first-order chi connectivity index (χ1) is 6.60. The normalized spacial score (nSPS) is 21.1. The highest BCUT2D eigenvalue weighted by Crippen LogP contribution is 2.25. The summed E-state index contributed by atoms with van der Waals surface area (Å²) in [6.45, 7) is 6.17. The van der Waals surface area contributed by atoms with Crippen LogP contribution in [0.3, 0.4) is 0 Å². The monoisotopic (exact) mass is 200 g/mol. The van der Waals surface area contributed by atoms with E-state index in [0.29, 0.717) is 6.61 Å². The molecule has 4 nitrogen and oxygen atoms in total. The molecule has 1 aliphatic rings. The van der Waals surface area contributed by atoms with E-state index in [4.69, 9.17) is 10.5 Å². The van der Waals surface area contributed by atoms with Crippen molar-refractivity contribution in [3.8, 4) is 0 Å². The van der Waals surface area contributed by atoms with Gasteiger partial charge < -0.3 is 15.8 Å². The Morgan fingerprint density at radius 2 is 2.29 bits per heavy atom. The van der Waals surface area contributed by atoms with E-state index in [9.17, 15) is 4.79 Å². The molecule has 14 heavy (non-hydrogen) atoms. The lowest BCUT2D eigenvalue weighted by molar-refractivity contribution is -0.149. The molecule has 0 unspecified atom stereocenters. The van der Waals surface area contributed by atoms with Gasteiger partial charge in [-0.05, 0) is 6.42 Å². The van der Waals surface area contributed by atoms with Crippen molar-refractivity contribution in [1.82, 2.24) is 5.32 Å². The maximum atomic E-state index is 11.5. The quantitative estimate of drug-likeness (QED) is 0.494. The van der Waals surface area contributed by atoms with E-state index in [1.54, 1.807) is 0 Å². The largest absolute Gasteiger partial charge is 0.465 e. The molecule has 1 fully saturated rings. The molecule has 0 aromatic carbocycles. The van der Waals surface area contributed by atoms with Crippen LogP contribution < -0.4 is 11.1 Å². The van der Waals surface area contributed by atoms with Crippen LogP contribution in [0.25, 0.3) is 0 Å². The van der Waals surface area contributed by atoms with Crippen LogP contribution >= 0.6 is 0 Å². The van der Waals surface area contributed by atoms with Crippen molar-refractivity contribution in [1.29, 1.82) is 0 Å². The third-order valence-corrected chi connectivity index (χ3v) is 2.80. The van der Waals surface area contributed by atoms with Gasteiger partial charge in [0.15, 0.2) is 0 Å². The van der Waals surface area contributed by atoms with Gasteiger partial charge in [-0.25, -0.2) is 0 Å². The second-order valence-corrected chi connectivity index (χ2v) is 4.26. The second-order valence-electron chi connectivity index (χ2n) is 4.26. The number of hydrogen-bond donors (Lipinski definition) is 2. The van der Waals surface area contributed by atoms with Gasteiger partial charge in [0.2, 0.25) is 0 Å². The molecule has 0 radical (unpaired) electrons. The first-order valence-corrected chi connectivity index (χ1v) is 5.23. The third kappa shape index (κ3) is 2.45. The van der Waals surface area contributed by atoms with Crippen molar-refractivity contribution in [3.05, 3.63) is 0 Å². The summed E-state index contributed by atoms with van der Waals surface area (Å²) in [5.74, 6) is -0.262. The Kier molecular flexibility index (Phi) is 3.89. The van der Waals surface area contributed by atoms with E-state index in [1.165, 1.54) is 0 Å². The Morgan fingerprint density at radius 3 is 2.71 bits per heavy atom. The van der Waals surface area contributed by atoms with Crippen LogP contribution in [0.15, 0.2) is 0 Å². The third-order valence-electron chi connectivity index (χ3n) is 2.80. The number of hydrogen-bond acceptors (Lipinski definition) is 4. The Morgan fingerprint density at radius 1 is 1.64 bits per heavy atom. The number of nitrogens with one attached hydrogen (secondary N) is 1. The first kappa shape index (κ1) is 11.5. The average molecular weight is 200 g/mol. The summed E-state index contributed by atoms with van der Waals surface area (Å²) in [5.41, 5.74) is 5.72. The summed E-state index contributed by atoms with van der Waals surface area (Å²) in [5, 5.41) is 3.12. The molecule has 0 aromatic heterocycles. The second kappa shape index (κ2) is 4.75. The molecular weight excluding hydrogens is 180 g/mol. The molecule has 1 saturated heterocycles. The molecule has 3 N–H and O–H groups in total. The standard InChI is InChI=1S/C10H20N2O2/c1-3-4-5-14-9(13)8(11)10(2)6-12-7-10/h8,12H,3-7,11H2,1-2H3/t8-/m0/s1. The van der Waals surface area contributed by atoms with Gasteiger partial charge in [-0.3, -0.25) is 4.79 Å². The van der Waals surface area contributed by atoms with Gasteiger partial charge in [0.05, 0.1) is 6.61 Å². The van der Waals surface area contributed by atoms with Gasteiger partial charge in [0, 0.05) is 18.5 Å². The molecule has 1 heterocycles. The molecule has 1 aliphatic heterocycles. The molecule has 1 atom stereocenters. The van der Waals surface area contributed by atoms with Crippen LogP contribution in [-0.2, 0) is 9.53 Å². The fraction of sp³-hybridized carbons (Fsp3) is 0.900. The van der Waals surface area contributed by atoms with Crippen LogP contribution in [0.2, 0.25) is 0 Å². The highest BCUT2D eigenvalue weighted by molar-refractivity contribution is 5.76. The maximum Gasteiger partial charge on any atom is 0.323 e. The molecule has 0 aliphatic carbocycles. The summed E-state index contributed by atoms with van der Waals surface area (Å²) in [7, 11) is 0. The van der Waals surface area contributed by atoms with E-state index >= 15 is 0 Å². The molecule has 0 saturated carbocycles. The topological polar surface area (TPSA) is 64.3 Å². The van der Waals surface area contributed by atoms with E-state index in [-0.39, 0.29) is 11.4 Å². The average Bonchev–Trinajstić information content (AvgIpc) is 2.13. The minimum atomic E-state index is -0.486. The molecule has 0 bridgehead atoms. The SMILES string of the molecule is CCCCOC(=O)[C@H](N)C1(C)CNC1. The van der Waals surface area contributed by atoms with Crippen LogP contribution in [0.1, 0.15) is 26.7 Å². The van der Waals surface area contributed by atoms with Gasteiger partial charge in [0.1, 0.15) is 6.04 Å². The summed E-state index contributed by atoms with van der Waals surface area (Å²) in [4.78, 5) is 11.5. The van der Waals surface area contributed by atoms with Crippen molar-refractivity contribution in [2.45, 2.75) is 32.7 Å². The van der Waals surface area contributed by atoms with E-state index in [1.807, 2.05) is 6.92 Å². The number of rotatable bonds is 5. The molecule has 1 rings (SSSR count). The lowest BCUT2D eigenvalue weighted by atomic mass is 9.77. The first-order valence-electron chi connectivity index (χ1n) is 5.23. The van der Waals surface area contributed by atoms with Crippen molar-refractivity contribution < 1.29 is 9.53 Å². The minimum absolute atomic E-state index is 0.108. The predicted molar refractivity (Wildman–Crippen MR) is 54.8 cm³/mol. The molecule has 4 heteroatoms. The molecule has 0 spiro atoms. The predicted octanol–water partition coefficient (Wildman–Crippen LogP) is 0.267. The summed E-state index contributed by atoms with van der Waals surface area (Å²) in [6, 6.07) is -0.486. The highest BCUT2D eigenvalue weighted by Gasteiger charge is 2.42. The fourth-order valence-electron chi connectivity index (χ4n) is 1.43. The van der Waals surface area contributed by atoms with Gasteiger partial charge in [-0.2, -0.15) is 0 Å². The van der Waals surface area contributed by atoms with E-state index < -0.39 is 6.04 Å². The zero-order valence-electron chi connectivity index (χ0n) is 9.01. The van der Waals surface area contributed by atoms with Crippen LogP contribution in [0, 0.1) is 5.41 Å². The van der Waals surface area contributed by atoms with E-state index in [0.717, 1.165) is 25.9 Å².